The minimum Gasteiger partial charge on any atom is -0.472 e. The summed E-state index contributed by atoms with van der Waals surface area (Å²) in [6.07, 6.45) is 4.66. The lowest BCUT2D eigenvalue weighted by Crippen LogP contribution is -2.43. The first-order valence-corrected chi connectivity index (χ1v) is 6.88. The van der Waals surface area contributed by atoms with Gasteiger partial charge < -0.3 is 10.1 Å². The summed E-state index contributed by atoms with van der Waals surface area (Å²) >= 11 is 0. The second-order valence-electron chi connectivity index (χ2n) is 5.21. The summed E-state index contributed by atoms with van der Waals surface area (Å²) in [5.74, 6) is 0.493. The number of hydrogen-bond donors (Lipinski definition) is 1. The monoisotopic (exact) mass is 259 g/mol. The normalized spacial score (nSPS) is 22.8. The molecule has 2 unspecified atom stereocenters. The third kappa shape index (κ3) is 3.05. The molecule has 0 amide bonds. The van der Waals surface area contributed by atoms with Crippen LogP contribution < -0.4 is 10.1 Å². The van der Waals surface area contributed by atoms with Gasteiger partial charge in [-0.1, -0.05) is 6.42 Å². The van der Waals surface area contributed by atoms with Crippen LogP contribution in [0.1, 0.15) is 42.5 Å². The first-order valence-electron chi connectivity index (χ1n) is 6.88. The lowest BCUT2D eigenvalue weighted by molar-refractivity contribution is 0.112. The molecule has 2 atom stereocenters. The van der Waals surface area contributed by atoms with E-state index in [4.69, 9.17) is 4.74 Å². The highest BCUT2D eigenvalue weighted by molar-refractivity contribution is 5.45. The minimum atomic E-state index is 0.111. The molecule has 0 spiro atoms. The van der Waals surface area contributed by atoms with Gasteiger partial charge in [-0.3, -0.25) is 0 Å². The molecule has 19 heavy (non-hydrogen) atoms. The van der Waals surface area contributed by atoms with E-state index in [0.29, 0.717) is 17.5 Å². The Morgan fingerprint density at radius 1 is 1.37 bits per heavy atom. The van der Waals surface area contributed by atoms with E-state index in [1.165, 1.54) is 12.8 Å². The first-order chi connectivity index (χ1) is 9.15. The number of nitriles is 1. The zero-order chi connectivity index (χ0) is 13.8. The highest BCUT2D eigenvalue weighted by Crippen LogP contribution is 2.26. The molecule has 102 valence electrons. The van der Waals surface area contributed by atoms with Crippen molar-refractivity contribution in [1.82, 2.24) is 10.3 Å². The largest absolute Gasteiger partial charge is 0.472 e. The molecule has 1 N–H and O–H groups in total. The van der Waals surface area contributed by atoms with Crippen molar-refractivity contribution >= 4 is 0 Å². The Bertz CT molecular complexity index is 493. The number of nitrogens with one attached hydrogen (secondary N) is 1. The Kier molecular flexibility index (Phi) is 4.39. The number of ether oxygens (including phenoxy) is 1. The molecule has 1 heterocycles. The Morgan fingerprint density at radius 3 is 2.79 bits per heavy atom. The number of hydrogen-bond acceptors (Lipinski definition) is 4. The van der Waals surface area contributed by atoms with Crippen LogP contribution in [0.4, 0.5) is 0 Å². The average molecular weight is 259 g/mol. The van der Waals surface area contributed by atoms with E-state index in [0.717, 1.165) is 24.1 Å². The zero-order valence-electron chi connectivity index (χ0n) is 11.9. The standard InChI is InChI=1S/C15H21N3O/c1-10-8-11(2)18-15(12(10)9-16)19-14-7-5-4-6-13(14)17-3/h8,13-14,17H,4-7H2,1-3H3. The van der Waals surface area contributed by atoms with Crippen molar-refractivity contribution in [1.29, 1.82) is 5.26 Å². The van der Waals surface area contributed by atoms with Crippen LogP contribution in [0.2, 0.25) is 0 Å². The van der Waals surface area contributed by atoms with Crippen LogP contribution in [0.25, 0.3) is 0 Å². The number of nitrogens with zero attached hydrogens (tertiary/aromatic N) is 2. The summed E-state index contributed by atoms with van der Waals surface area (Å²) in [6, 6.07) is 4.47. The van der Waals surface area contributed by atoms with Crippen molar-refractivity contribution < 1.29 is 4.74 Å². The summed E-state index contributed by atoms with van der Waals surface area (Å²) in [5, 5.41) is 12.6. The van der Waals surface area contributed by atoms with E-state index in [1.807, 2.05) is 27.0 Å². The molecular weight excluding hydrogens is 238 g/mol. The van der Waals surface area contributed by atoms with Crippen LogP contribution in [-0.2, 0) is 0 Å². The summed E-state index contributed by atoms with van der Waals surface area (Å²) in [7, 11) is 1.96. The topological polar surface area (TPSA) is 57.9 Å². The van der Waals surface area contributed by atoms with Crippen LogP contribution in [-0.4, -0.2) is 24.2 Å². The predicted octanol–water partition coefficient (Wildman–Crippen LogP) is 2.48. The molecule has 0 saturated heterocycles. The van der Waals surface area contributed by atoms with Gasteiger partial charge in [0.15, 0.2) is 0 Å². The number of aromatic nitrogens is 1. The van der Waals surface area contributed by atoms with Crippen LogP contribution in [0, 0.1) is 25.2 Å². The van der Waals surface area contributed by atoms with Crippen LogP contribution in [0.3, 0.4) is 0 Å². The van der Waals surface area contributed by atoms with Gasteiger partial charge >= 0.3 is 0 Å². The lowest BCUT2D eigenvalue weighted by atomic mass is 9.92. The van der Waals surface area contributed by atoms with Gasteiger partial charge in [0, 0.05) is 11.7 Å². The van der Waals surface area contributed by atoms with Gasteiger partial charge in [0.25, 0.3) is 0 Å². The van der Waals surface area contributed by atoms with Gasteiger partial charge in [-0.15, -0.1) is 0 Å². The van der Waals surface area contributed by atoms with Crippen molar-refractivity contribution in [3.63, 3.8) is 0 Å². The molecular formula is C15H21N3O. The van der Waals surface area contributed by atoms with Crippen molar-refractivity contribution in [2.75, 3.05) is 7.05 Å². The molecule has 4 heteroatoms. The lowest BCUT2D eigenvalue weighted by Gasteiger charge is -2.31. The van der Waals surface area contributed by atoms with Gasteiger partial charge in [0.2, 0.25) is 5.88 Å². The molecule has 1 aromatic rings. The molecule has 0 aliphatic heterocycles. The molecule has 0 radical (unpaired) electrons. The SMILES string of the molecule is CNC1CCCCC1Oc1nc(C)cc(C)c1C#N. The summed E-state index contributed by atoms with van der Waals surface area (Å²) in [4.78, 5) is 4.40. The summed E-state index contributed by atoms with van der Waals surface area (Å²) in [5.41, 5.74) is 2.39. The Hall–Kier alpha value is -1.60. The van der Waals surface area contributed by atoms with Crippen molar-refractivity contribution in [3.8, 4) is 11.9 Å². The quantitative estimate of drug-likeness (QED) is 0.906. The van der Waals surface area contributed by atoms with Crippen LogP contribution in [0.15, 0.2) is 6.07 Å². The Labute approximate surface area is 114 Å². The highest BCUT2D eigenvalue weighted by Gasteiger charge is 2.27. The molecule has 1 aliphatic carbocycles. The number of likely N-dealkylation sites (N-methyl/N-ethyl adjacent to an activating group) is 1. The minimum absolute atomic E-state index is 0.111. The molecule has 1 aliphatic rings. The highest BCUT2D eigenvalue weighted by atomic mass is 16.5. The van der Waals surface area contributed by atoms with Crippen LogP contribution in [0.5, 0.6) is 5.88 Å². The zero-order valence-corrected chi connectivity index (χ0v) is 11.9. The van der Waals surface area contributed by atoms with Gasteiger partial charge in [-0.2, -0.15) is 5.26 Å². The first kappa shape index (κ1) is 13.8. The fourth-order valence-corrected chi connectivity index (χ4v) is 2.74. The maximum absolute atomic E-state index is 9.26. The molecule has 0 bridgehead atoms. The summed E-state index contributed by atoms with van der Waals surface area (Å²) in [6.45, 7) is 3.86. The van der Waals surface area contributed by atoms with Gasteiger partial charge in [0.1, 0.15) is 17.7 Å². The van der Waals surface area contributed by atoms with Gasteiger partial charge in [-0.05, 0) is 51.8 Å². The van der Waals surface area contributed by atoms with E-state index in [9.17, 15) is 5.26 Å². The molecule has 4 nitrogen and oxygen atoms in total. The molecule has 1 aromatic heterocycles. The van der Waals surface area contributed by atoms with Gasteiger partial charge in [-0.25, -0.2) is 4.98 Å². The molecule has 1 saturated carbocycles. The van der Waals surface area contributed by atoms with E-state index < -0.39 is 0 Å². The maximum Gasteiger partial charge on any atom is 0.232 e. The summed E-state index contributed by atoms with van der Waals surface area (Å²) < 4.78 is 6.05. The fraction of sp³-hybridized carbons (Fsp3) is 0.600. The molecule has 2 rings (SSSR count). The second kappa shape index (κ2) is 6.03. The fourth-order valence-electron chi connectivity index (χ4n) is 2.74. The van der Waals surface area contributed by atoms with Crippen LogP contribution >= 0.6 is 0 Å². The van der Waals surface area contributed by atoms with E-state index in [1.54, 1.807) is 0 Å². The van der Waals surface area contributed by atoms with Gasteiger partial charge in [0.05, 0.1) is 0 Å². The van der Waals surface area contributed by atoms with Crippen molar-refractivity contribution in [2.24, 2.45) is 0 Å². The van der Waals surface area contributed by atoms with Crippen molar-refractivity contribution in [2.45, 2.75) is 51.7 Å². The Morgan fingerprint density at radius 2 is 2.11 bits per heavy atom. The third-order valence-corrected chi connectivity index (χ3v) is 3.76. The number of rotatable bonds is 3. The smallest absolute Gasteiger partial charge is 0.232 e. The molecule has 0 aromatic carbocycles. The Balaban J connectivity index is 2.25. The second-order valence-corrected chi connectivity index (χ2v) is 5.21. The van der Waals surface area contributed by atoms with E-state index in [2.05, 4.69) is 16.4 Å². The van der Waals surface area contributed by atoms with Crippen molar-refractivity contribution in [3.05, 3.63) is 22.9 Å². The predicted molar refractivity (Wildman–Crippen MR) is 74.2 cm³/mol. The molecule has 1 fully saturated rings. The van der Waals surface area contributed by atoms with E-state index >= 15 is 0 Å². The number of aryl methyl sites for hydroxylation is 2. The number of pyridine rings is 1. The average Bonchev–Trinajstić information content (AvgIpc) is 2.39. The maximum atomic E-state index is 9.26. The van der Waals surface area contributed by atoms with E-state index in [-0.39, 0.29) is 6.10 Å². The third-order valence-electron chi connectivity index (χ3n) is 3.76.